The van der Waals surface area contributed by atoms with Crippen LogP contribution in [0.15, 0.2) is 29.4 Å². The fraction of sp³-hybridized carbons (Fsp3) is 0.611. The average Bonchev–Trinajstić information content (AvgIpc) is 3.21. The monoisotopic (exact) mass is 326 g/mol. The Labute approximate surface area is 143 Å². The van der Waals surface area contributed by atoms with Gasteiger partial charge in [0, 0.05) is 26.3 Å². The van der Waals surface area contributed by atoms with Crippen molar-refractivity contribution in [2.45, 2.75) is 45.1 Å². The van der Waals surface area contributed by atoms with E-state index >= 15 is 0 Å². The molecule has 6 heteroatoms. The molecule has 1 spiro atoms. The summed E-state index contributed by atoms with van der Waals surface area (Å²) in [5.41, 5.74) is 1.42. The second-order valence-corrected chi connectivity index (χ2v) is 7.18. The van der Waals surface area contributed by atoms with Crippen LogP contribution in [0.1, 0.15) is 44.3 Å². The van der Waals surface area contributed by atoms with Crippen LogP contribution in [-0.4, -0.2) is 45.6 Å². The molecule has 0 bridgehead atoms. The summed E-state index contributed by atoms with van der Waals surface area (Å²) in [7, 11) is 1.87. The van der Waals surface area contributed by atoms with E-state index in [0.717, 1.165) is 30.5 Å². The van der Waals surface area contributed by atoms with Gasteiger partial charge in [0.25, 0.3) is 0 Å². The molecule has 1 aliphatic heterocycles. The molecule has 1 saturated carbocycles. The molecule has 128 valence electrons. The van der Waals surface area contributed by atoms with E-state index in [9.17, 15) is 0 Å². The maximum Gasteiger partial charge on any atom is 0.194 e. The van der Waals surface area contributed by atoms with Gasteiger partial charge in [-0.05, 0) is 36.8 Å². The second-order valence-electron chi connectivity index (χ2n) is 7.18. The van der Waals surface area contributed by atoms with Crippen molar-refractivity contribution in [1.82, 2.24) is 24.8 Å². The highest BCUT2D eigenvalue weighted by molar-refractivity contribution is 5.80. The van der Waals surface area contributed by atoms with Crippen LogP contribution < -0.4 is 5.32 Å². The minimum absolute atomic E-state index is 0.539. The van der Waals surface area contributed by atoms with Crippen molar-refractivity contribution in [2.75, 3.05) is 20.1 Å². The minimum atomic E-state index is 0.539. The molecule has 1 N–H and O–H groups in total. The molecule has 0 radical (unpaired) electrons. The molecule has 0 atom stereocenters. The van der Waals surface area contributed by atoms with Crippen molar-refractivity contribution in [3.05, 3.63) is 30.2 Å². The van der Waals surface area contributed by atoms with Crippen molar-refractivity contribution in [3.63, 3.8) is 0 Å². The summed E-state index contributed by atoms with van der Waals surface area (Å²) >= 11 is 0. The molecule has 0 aromatic carbocycles. The molecule has 4 rings (SSSR count). The van der Waals surface area contributed by atoms with Gasteiger partial charge in [0.2, 0.25) is 0 Å². The van der Waals surface area contributed by atoms with Crippen LogP contribution in [0.5, 0.6) is 0 Å². The number of nitrogens with one attached hydrogen (secondary N) is 1. The van der Waals surface area contributed by atoms with Crippen molar-refractivity contribution in [3.8, 4) is 0 Å². The maximum absolute atomic E-state index is 4.50. The zero-order chi connectivity index (χ0) is 16.4. The number of rotatable bonds is 2. The Morgan fingerprint density at radius 3 is 2.92 bits per heavy atom. The number of likely N-dealkylation sites (tertiary alicyclic amines) is 1. The van der Waals surface area contributed by atoms with Gasteiger partial charge in [0.05, 0.1) is 6.54 Å². The summed E-state index contributed by atoms with van der Waals surface area (Å²) in [6, 6.07) is 5.95. The van der Waals surface area contributed by atoms with Gasteiger partial charge in [-0.2, -0.15) is 0 Å². The van der Waals surface area contributed by atoms with Crippen molar-refractivity contribution >= 4 is 11.6 Å². The van der Waals surface area contributed by atoms with Crippen LogP contribution in [0.3, 0.4) is 0 Å². The molecule has 3 heterocycles. The smallest absolute Gasteiger partial charge is 0.194 e. The average molecular weight is 326 g/mol. The molecule has 0 unspecified atom stereocenters. The molecule has 6 nitrogen and oxygen atoms in total. The molecule has 0 amide bonds. The first-order valence-electron chi connectivity index (χ1n) is 9.04. The summed E-state index contributed by atoms with van der Waals surface area (Å²) in [5, 5.41) is 12.0. The number of nitrogens with zero attached hydrogens (tertiary/aromatic N) is 5. The molecule has 1 aliphatic carbocycles. The molecular weight excluding hydrogens is 300 g/mol. The Morgan fingerprint density at radius 1 is 1.21 bits per heavy atom. The van der Waals surface area contributed by atoms with E-state index in [1.807, 2.05) is 35.8 Å². The van der Waals surface area contributed by atoms with Gasteiger partial charge in [-0.1, -0.05) is 25.3 Å². The zero-order valence-electron chi connectivity index (χ0n) is 14.4. The van der Waals surface area contributed by atoms with E-state index < -0.39 is 0 Å². The number of aliphatic imine (C=N–C) groups is 1. The fourth-order valence-electron chi connectivity index (χ4n) is 4.33. The summed E-state index contributed by atoms with van der Waals surface area (Å²) < 4.78 is 2.02. The van der Waals surface area contributed by atoms with Gasteiger partial charge in [-0.25, -0.2) is 0 Å². The van der Waals surface area contributed by atoms with Crippen molar-refractivity contribution in [1.29, 1.82) is 0 Å². The summed E-state index contributed by atoms with van der Waals surface area (Å²) in [6.45, 7) is 2.90. The Balaban J connectivity index is 1.42. The summed E-state index contributed by atoms with van der Waals surface area (Å²) in [6.07, 6.45) is 10.3. The third kappa shape index (κ3) is 2.85. The number of hydrogen-bond donors (Lipinski definition) is 1. The first-order chi connectivity index (χ1) is 11.8. The lowest BCUT2D eigenvalue weighted by Crippen LogP contribution is -2.41. The van der Waals surface area contributed by atoms with Crippen LogP contribution in [0.2, 0.25) is 0 Å². The number of fused-ring (bicyclic) bond motifs is 1. The highest BCUT2D eigenvalue weighted by Crippen LogP contribution is 2.43. The van der Waals surface area contributed by atoms with Crippen molar-refractivity contribution in [2.24, 2.45) is 10.4 Å². The topological polar surface area (TPSA) is 57.8 Å². The summed E-state index contributed by atoms with van der Waals surface area (Å²) in [4.78, 5) is 6.93. The predicted octanol–water partition coefficient (Wildman–Crippen LogP) is 2.46. The van der Waals surface area contributed by atoms with Crippen LogP contribution in [0.4, 0.5) is 0 Å². The Morgan fingerprint density at radius 2 is 2.08 bits per heavy atom. The second kappa shape index (κ2) is 6.42. The lowest BCUT2D eigenvalue weighted by Gasteiger charge is -2.33. The molecule has 2 fully saturated rings. The van der Waals surface area contributed by atoms with E-state index in [2.05, 4.69) is 25.4 Å². The number of hydrogen-bond acceptors (Lipinski definition) is 3. The SMILES string of the molecule is CN=C(NCc1nnc2ccccn12)N1CCC2(CCCCC2)C1. The quantitative estimate of drug-likeness (QED) is 0.680. The fourth-order valence-corrected chi connectivity index (χ4v) is 4.33. The van der Waals surface area contributed by atoms with Crippen LogP contribution >= 0.6 is 0 Å². The first-order valence-corrected chi connectivity index (χ1v) is 9.04. The molecule has 2 aromatic rings. The first kappa shape index (κ1) is 15.4. The van der Waals surface area contributed by atoms with Gasteiger partial charge >= 0.3 is 0 Å². The Bertz CT molecular complexity index is 728. The van der Waals surface area contributed by atoms with E-state index in [4.69, 9.17) is 0 Å². The lowest BCUT2D eigenvalue weighted by atomic mass is 9.73. The molecule has 24 heavy (non-hydrogen) atoms. The standard InChI is InChI=1S/C18H26N6/c1-19-17(23-12-10-18(14-23)8-4-2-5-9-18)20-13-16-22-21-15-7-3-6-11-24(15)16/h3,6-7,11H,2,4-5,8-10,12-14H2,1H3,(H,19,20). The van der Waals surface area contributed by atoms with Gasteiger partial charge in [0.1, 0.15) is 0 Å². The van der Waals surface area contributed by atoms with Gasteiger partial charge in [-0.3, -0.25) is 9.39 Å². The number of pyridine rings is 1. The number of guanidine groups is 1. The van der Waals surface area contributed by atoms with Gasteiger partial charge < -0.3 is 10.2 Å². The molecular formula is C18H26N6. The van der Waals surface area contributed by atoms with Crippen LogP contribution in [-0.2, 0) is 6.54 Å². The maximum atomic E-state index is 4.50. The van der Waals surface area contributed by atoms with E-state index in [-0.39, 0.29) is 0 Å². The Kier molecular flexibility index (Phi) is 4.12. The number of aromatic nitrogens is 3. The molecule has 1 saturated heterocycles. The Hall–Kier alpha value is -2.11. The highest BCUT2D eigenvalue weighted by atomic mass is 15.3. The van der Waals surface area contributed by atoms with Gasteiger partial charge in [0.15, 0.2) is 17.4 Å². The zero-order valence-corrected chi connectivity index (χ0v) is 14.4. The largest absolute Gasteiger partial charge is 0.349 e. The van der Waals surface area contributed by atoms with Crippen LogP contribution in [0.25, 0.3) is 5.65 Å². The third-order valence-electron chi connectivity index (χ3n) is 5.65. The highest BCUT2D eigenvalue weighted by Gasteiger charge is 2.39. The van der Waals surface area contributed by atoms with Crippen molar-refractivity contribution < 1.29 is 0 Å². The normalized spacial score (nSPS) is 20.9. The lowest BCUT2D eigenvalue weighted by molar-refractivity contribution is 0.203. The summed E-state index contributed by atoms with van der Waals surface area (Å²) in [5.74, 6) is 1.91. The van der Waals surface area contributed by atoms with Gasteiger partial charge in [-0.15, -0.1) is 10.2 Å². The third-order valence-corrected chi connectivity index (χ3v) is 5.65. The van der Waals surface area contributed by atoms with E-state index in [0.29, 0.717) is 12.0 Å². The van der Waals surface area contributed by atoms with E-state index in [1.54, 1.807) is 0 Å². The molecule has 2 aliphatic rings. The predicted molar refractivity (Wildman–Crippen MR) is 94.9 cm³/mol. The minimum Gasteiger partial charge on any atom is -0.349 e. The van der Waals surface area contributed by atoms with Crippen LogP contribution in [0, 0.1) is 5.41 Å². The molecule has 2 aromatic heterocycles. The van der Waals surface area contributed by atoms with E-state index in [1.165, 1.54) is 38.5 Å².